The van der Waals surface area contributed by atoms with Crippen molar-refractivity contribution in [3.05, 3.63) is 0 Å². The molecule has 0 heterocycles. The third-order valence-corrected chi connectivity index (χ3v) is 2.05. The van der Waals surface area contributed by atoms with Gasteiger partial charge < -0.3 is 10.2 Å². The van der Waals surface area contributed by atoms with Crippen LogP contribution in [0.4, 0.5) is 0 Å². The van der Waals surface area contributed by atoms with Crippen molar-refractivity contribution in [2.75, 3.05) is 26.7 Å². The van der Waals surface area contributed by atoms with Gasteiger partial charge in [-0.3, -0.25) is 4.79 Å². The van der Waals surface area contributed by atoms with Crippen molar-refractivity contribution in [1.82, 2.24) is 10.2 Å². The van der Waals surface area contributed by atoms with E-state index in [-0.39, 0.29) is 0 Å². The van der Waals surface area contributed by atoms with Crippen LogP contribution in [0.25, 0.3) is 0 Å². The lowest BCUT2D eigenvalue weighted by molar-refractivity contribution is -0.131. The average molecular weight is 186 g/mol. The van der Waals surface area contributed by atoms with Crippen LogP contribution >= 0.6 is 0 Å². The van der Waals surface area contributed by atoms with Gasteiger partial charge in [0.05, 0.1) is 0 Å². The fourth-order valence-electron chi connectivity index (χ4n) is 1.30. The Morgan fingerprint density at radius 2 is 2.08 bits per heavy atom. The van der Waals surface area contributed by atoms with Gasteiger partial charge in [-0.1, -0.05) is 6.92 Å². The summed E-state index contributed by atoms with van der Waals surface area (Å²) in [5, 5.41) is 3.04. The summed E-state index contributed by atoms with van der Waals surface area (Å²) in [5.74, 6) is 0.291. The van der Waals surface area contributed by atoms with Gasteiger partial charge >= 0.3 is 0 Å². The molecule has 0 aromatic rings. The molecule has 78 valence electrons. The number of hydrogen-bond donors (Lipinski definition) is 1. The van der Waals surface area contributed by atoms with E-state index in [9.17, 15) is 4.79 Å². The number of rotatable bonds is 7. The highest BCUT2D eigenvalue weighted by Gasteiger charge is 2.08. The van der Waals surface area contributed by atoms with Gasteiger partial charge in [-0.15, -0.1) is 0 Å². The Balaban J connectivity index is 3.64. The summed E-state index contributed by atoms with van der Waals surface area (Å²) in [4.78, 5) is 13.5. The molecule has 0 spiro atoms. The van der Waals surface area contributed by atoms with Gasteiger partial charge in [-0.2, -0.15) is 0 Å². The van der Waals surface area contributed by atoms with Gasteiger partial charge in [-0.05, 0) is 33.4 Å². The molecule has 1 N–H and O–H groups in total. The van der Waals surface area contributed by atoms with Crippen LogP contribution in [0.1, 0.15) is 33.1 Å². The molecule has 3 heteroatoms. The van der Waals surface area contributed by atoms with Crippen LogP contribution in [0.5, 0.6) is 0 Å². The van der Waals surface area contributed by atoms with Gasteiger partial charge in [0.1, 0.15) is 0 Å². The molecule has 0 saturated carbocycles. The van der Waals surface area contributed by atoms with Gasteiger partial charge in [-0.25, -0.2) is 0 Å². The molecular weight excluding hydrogens is 164 g/mol. The van der Waals surface area contributed by atoms with E-state index >= 15 is 0 Å². The number of nitrogens with one attached hydrogen (secondary N) is 1. The lowest BCUT2D eigenvalue weighted by Gasteiger charge is -2.19. The molecule has 0 atom stereocenters. The smallest absolute Gasteiger partial charge is 0.222 e. The van der Waals surface area contributed by atoms with E-state index in [1.165, 1.54) is 0 Å². The first-order chi connectivity index (χ1) is 6.26. The molecule has 0 aliphatic carbocycles. The highest BCUT2D eigenvalue weighted by atomic mass is 16.2. The number of hydrogen-bond acceptors (Lipinski definition) is 2. The van der Waals surface area contributed by atoms with E-state index in [1.807, 2.05) is 18.9 Å². The van der Waals surface area contributed by atoms with Crippen LogP contribution < -0.4 is 5.32 Å². The van der Waals surface area contributed by atoms with Crippen LogP contribution in [-0.2, 0) is 4.79 Å². The van der Waals surface area contributed by atoms with Gasteiger partial charge in [0.2, 0.25) is 5.91 Å². The SMILES string of the molecule is CCCN(CC)C(=O)CCCNC. The summed E-state index contributed by atoms with van der Waals surface area (Å²) < 4.78 is 0. The molecule has 0 bridgehead atoms. The topological polar surface area (TPSA) is 32.3 Å². The summed E-state index contributed by atoms with van der Waals surface area (Å²) in [7, 11) is 1.91. The molecule has 13 heavy (non-hydrogen) atoms. The van der Waals surface area contributed by atoms with Crippen LogP contribution in [-0.4, -0.2) is 37.5 Å². The zero-order valence-corrected chi connectivity index (χ0v) is 9.10. The van der Waals surface area contributed by atoms with E-state index in [0.717, 1.165) is 32.5 Å². The Labute approximate surface area is 81.5 Å². The maximum absolute atomic E-state index is 11.5. The Bertz CT molecular complexity index is 137. The second-order valence-corrected chi connectivity index (χ2v) is 3.18. The first kappa shape index (κ1) is 12.4. The zero-order valence-electron chi connectivity index (χ0n) is 9.10. The predicted molar refractivity (Wildman–Crippen MR) is 55.7 cm³/mol. The lowest BCUT2D eigenvalue weighted by atomic mass is 10.2. The third-order valence-electron chi connectivity index (χ3n) is 2.05. The van der Waals surface area contributed by atoms with Crippen molar-refractivity contribution in [2.45, 2.75) is 33.1 Å². The highest BCUT2D eigenvalue weighted by molar-refractivity contribution is 5.76. The first-order valence-electron chi connectivity index (χ1n) is 5.18. The number of nitrogens with zero attached hydrogens (tertiary/aromatic N) is 1. The monoisotopic (exact) mass is 186 g/mol. The predicted octanol–water partition coefficient (Wildman–Crippen LogP) is 1.24. The molecule has 0 fully saturated rings. The van der Waals surface area contributed by atoms with Crippen molar-refractivity contribution in [1.29, 1.82) is 0 Å². The standard InChI is InChI=1S/C10H22N2O/c1-4-9-12(5-2)10(13)7-6-8-11-3/h11H,4-9H2,1-3H3. The molecule has 3 nitrogen and oxygen atoms in total. The lowest BCUT2D eigenvalue weighted by Crippen LogP contribution is -2.31. The number of amides is 1. The molecule has 0 aliphatic heterocycles. The summed E-state index contributed by atoms with van der Waals surface area (Å²) >= 11 is 0. The van der Waals surface area contributed by atoms with Crippen molar-refractivity contribution in [3.8, 4) is 0 Å². The van der Waals surface area contributed by atoms with E-state index in [1.54, 1.807) is 0 Å². The molecular formula is C10H22N2O. The molecule has 0 radical (unpaired) electrons. The minimum Gasteiger partial charge on any atom is -0.343 e. The van der Waals surface area contributed by atoms with Crippen LogP contribution in [0.15, 0.2) is 0 Å². The molecule has 0 aliphatic rings. The fourth-order valence-corrected chi connectivity index (χ4v) is 1.30. The Morgan fingerprint density at radius 3 is 2.54 bits per heavy atom. The van der Waals surface area contributed by atoms with Gasteiger partial charge in [0.25, 0.3) is 0 Å². The van der Waals surface area contributed by atoms with Crippen molar-refractivity contribution >= 4 is 5.91 Å². The average Bonchev–Trinajstić information content (AvgIpc) is 2.14. The second-order valence-electron chi connectivity index (χ2n) is 3.18. The van der Waals surface area contributed by atoms with Crippen molar-refractivity contribution in [3.63, 3.8) is 0 Å². The second kappa shape index (κ2) is 8.05. The van der Waals surface area contributed by atoms with E-state index in [2.05, 4.69) is 12.2 Å². The normalized spacial score (nSPS) is 10.1. The van der Waals surface area contributed by atoms with Gasteiger partial charge in [0, 0.05) is 19.5 Å². The van der Waals surface area contributed by atoms with E-state index < -0.39 is 0 Å². The number of carbonyl (C=O) groups is 1. The minimum atomic E-state index is 0.291. The van der Waals surface area contributed by atoms with Crippen molar-refractivity contribution in [2.24, 2.45) is 0 Å². The fraction of sp³-hybridized carbons (Fsp3) is 0.900. The minimum absolute atomic E-state index is 0.291. The largest absolute Gasteiger partial charge is 0.343 e. The van der Waals surface area contributed by atoms with Crippen LogP contribution in [0, 0.1) is 0 Å². The van der Waals surface area contributed by atoms with Crippen molar-refractivity contribution < 1.29 is 4.79 Å². The maximum Gasteiger partial charge on any atom is 0.222 e. The molecule has 1 amide bonds. The third kappa shape index (κ3) is 5.64. The van der Waals surface area contributed by atoms with E-state index in [0.29, 0.717) is 12.3 Å². The van der Waals surface area contributed by atoms with Gasteiger partial charge in [0.15, 0.2) is 0 Å². The van der Waals surface area contributed by atoms with E-state index in [4.69, 9.17) is 0 Å². The summed E-state index contributed by atoms with van der Waals surface area (Å²) in [6.07, 6.45) is 2.66. The molecule has 0 rings (SSSR count). The molecule has 0 aromatic heterocycles. The quantitative estimate of drug-likeness (QED) is 0.607. The summed E-state index contributed by atoms with van der Waals surface area (Å²) in [6.45, 7) is 6.80. The summed E-state index contributed by atoms with van der Waals surface area (Å²) in [5.41, 5.74) is 0. The molecule has 0 unspecified atom stereocenters. The van der Waals surface area contributed by atoms with Crippen LogP contribution in [0.3, 0.4) is 0 Å². The maximum atomic E-state index is 11.5. The molecule has 0 saturated heterocycles. The Morgan fingerprint density at radius 1 is 1.38 bits per heavy atom. The highest BCUT2D eigenvalue weighted by Crippen LogP contribution is 1.98. The first-order valence-corrected chi connectivity index (χ1v) is 5.18. The van der Waals surface area contributed by atoms with Crippen LogP contribution in [0.2, 0.25) is 0 Å². The Kier molecular flexibility index (Phi) is 7.69. The number of carbonyl (C=O) groups excluding carboxylic acids is 1. The summed E-state index contributed by atoms with van der Waals surface area (Å²) in [6, 6.07) is 0. The zero-order chi connectivity index (χ0) is 10.1. The molecule has 0 aromatic carbocycles. The Hall–Kier alpha value is -0.570.